The van der Waals surface area contributed by atoms with Crippen molar-refractivity contribution in [3.63, 3.8) is 0 Å². The summed E-state index contributed by atoms with van der Waals surface area (Å²) in [7, 11) is 0. The standard InChI is InChI=1S/C30H28N6/c31-21-13-5-1-9-17(21)25-26(18-10-2-6-14-22(18)32)28(20-12-4-8-16-24(20)34)30(36)29(35)27(25)19-11-3-7-15-23(19)33/h1-16H,31-36H2. The fraction of sp³-hybridized carbons (Fsp3) is 0. The Kier molecular flexibility index (Phi) is 5.62. The summed E-state index contributed by atoms with van der Waals surface area (Å²) in [4.78, 5) is 0. The quantitative estimate of drug-likeness (QED) is 0.180. The summed E-state index contributed by atoms with van der Waals surface area (Å²) >= 11 is 0. The molecule has 0 aromatic heterocycles. The molecule has 6 nitrogen and oxygen atoms in total. The fourth-order valence-electron chi connectivity index (χ4n) is 4.79. The molecule has 0 bridgehead atoms. The van der Waals surface area contributed by atoms with Gasteiger partial charge in [-0.1, -0.05) is 72.8 Å². The van der Waals surface area contributed by atoms with Gasteiger partial charge in [0.1, 0.15) is 0 Å². The lowest BCUT2D eigenvalue weighted by Gasteiger charge is -2.26. The van der Waals surface area contributed by atoms with Gasteiger partial charge >= 0.3 is 0 Å². The summed E-state index contributed by atoms with van der Waals surface area (Å²) < 4.78 is 0. The summed E-state index contributed by atoms with van der Waals surface area (Å²) in [5.41, 5.74) is 48.9. The summed E-state index contributed by atoms with van der Waals surface area (Å²) in [6.07, 6.45) is 0. The molecule has 0 radical (unpaired) electrons. The Bertz CT molecular complexity index is 1490. The van der Waals surface area contributed by atoms with Crippen molar-refractivity contribution >= 4 is 34.1 Å². The Balaban J connectivity index is 2.09. The van der Waals surface area contributed by atoms with Crippen molar-refractivity contribution < 1.29 is 0 Å². The molecule has 5 aromatic carbocycles. The Morgan fingerprint density at radius 3 is 0.750 bits per heavy atom. The lowest BCUT2D eigenvalue weighted by atomic mass is 9.79. The summed E-state index contributed by atoms with van der Waals surface area (Å²) in [5.74, 6) is 0. The first-order valence-electron chi connectivity index (χ1n) is 11.5. The third-order valence-electron chi connectivity index (χ3n) is 6.50. The molecule has 0 aliphatic heterocycles. The van der Waals surface area contributed by atoms with Crippen LogP contribution < -0.4 is 34.4 Å². The minimum Gasteiger partial charge on any atom is -0.398 e. The van der Waals surface area contributed by atoms with Crippen LogP contribution in [-0.4, -0.2) is 0 Å². The third-order valence-corrected chi connectivity index (χ3v) is 6.50. The number of para-hydroxylation sites is 4. The van der Waals surface area contributed by atoms with E-state index in [4.69, 9.17) is 34.4 Å². The van der Waals surface area contributed by atoms with Crippen molar-refractivity contribution in [3.05, 3.63) is 97.1 Å². The van der Waals surface area contributed by atoms with Gasteiger partial charge in [0.05, 0.1) is 11.4 Å². The third kappa shape index (κ3) is 3.61. The van der Waals surface area contributed by atoms with E-state index in [1.165, 1.54) is 0 Å². The number of anilines is 6. The minimum atomic E-state index is 0.391. The molecular weight excluding hydrogens is 444 g/mol. The maximum atomic E-state index is 6.85. The molecule has 0 saturated carbocycles. The molecule has 0 aliphatic carbocycles. The van der Waals surface area contributed by atoms with Crippen molar-refractivity contribution in [2.24, 2.45) is 0 Å². The molecule has 0 spiro atoms. The van der Waals surface area contributed by atoms with Crippen LogP contribution in [0, 0.1) is 0 Å². The van der Waals surface area contributed by atoms with Gasteiger partial charge in [0.25, 0.3) is 0 Å². The second-order valence-corrected chi connectivity index (χ2v) is 8.68. The molecule has 0 fully saturated rings. The van der Waals surface area contributed by atoms with Crippen molar-refractivity contribution in [2.75, 3.05) is 34.4 Å². The first-order valence-corrected chi connectivity index (χ1v) is 11.5. The number of benzene rings is 5. The van der Waals surface area contributed by atoms with E-state index >= 15 is 0 Å². The highest BCUT2D eigenvalue weighted by molar-refractivity contribution is 6.16. The number of hydrogen-bond acceptors (Lipinski definition) is 6. The monoisotopic (exact) mass is 472 g/mol. The van der Waals surface area contributed by atoms with Crippen LogP contribution in [0.2, 0.25) is 0 Å². The van der Waals surface area contributed by atoms with Gasteiger partial charge < -0.3 is 34.4 Å². The zero-order valence-electron chi connectivity index (χ0n) is 19.7. The molecule has 36 heavy (non-hydrogen) atoms. The van der Waals surface area contributed by atoms with E-state index in [9.17, 15) is 0 Å². The van der Waals surface area contributed by atoms with Crippen LogP contribution in [0.5, 0.6) is 0 Å². The predicted molar refractivity (Wildman–Crippen MR) is 155 cm³/mol. The Hall–Kier alpha value is -5.10. The van der Waals surface area contributed by atoms with Gasteiger partial charge in [-0.3, -0.25) is 0 Å². The van der Waals surface area contributed by atoms with Gasteiger partial charge in [-0.25, -0.2) is 0 Å². The van der Waals surface area contributed by atoms with Crippen molar-refractivity contribution in [2.45, 2.75) is 0 Å². The lowest BCUT2D eigenvalue weighted by molar-refractivity contribution is 1.53. The topological polar surface area (TPSA) is 156 Å². The van der Waals surface area contributed by atoms with E-state index < -0.39 is 0 Å². The number of rotatable bonds is 4. The van der Waals surface area contributed by atoms with Crippen LogP contribution in [-0.2, 0) is 0 Å². The summed E-state index contributed by atoms with van der Waals surface area (Å²) in [6.45, 7) is 0. The van der Waals surface area contributed by atoms with Gasteiger partial charge in [0.15, 0.2) is 0 Å². The van der Waals surface area contributed by atoms with Crippen LogP contribution >= 0.6 is 0 Å². The molecule has 178 valence electrons. The molecule has 0 atom stereocenters. The van der Waals surface area contributed by atoms with Crippen LogP contribution in [0.1, 0.15) is 0 Å². The Morgan fingerprint density at radius 1 is 0.278 bits per heavy atom. The summed E-state index contributed by atoms with van der Waals surface area (Å²) in [6, 6.07) is 30.4. The average Bonchev–Trinajstić information content (AvgIpc) is 2.87. The zero-order valence-corrected chi connectivity index (χ0v) is 19.7. The van der Waals surface area contributed by atoms with Crippen LogP contribution in [0.4, 0.5) is 34.1 Å². The van der Waals surface area contributed by atoms with Gasteiger partial charge in [-0.2, -0.15) is 0 Å². The first kappa shape index (κ1) is 22.7. The first-order chi connectivity index (χ1) is 17.4. The SMILES string of the molecule is Nc1ccccc1-c1c(N)c(N)c(-c2ccccc2N)c(-c2ccccc2N)c1-c1ccccc1N. The number of hydrogen-bond donors (Lipinski definition) is 6. The highest BCUT2D eigenvalue weighted by Crippen LogP contribution is 2.55. The molecule has 0 saturated heterocycles. The molecule has 12 N–H and O–H groups in total. The van der Waals surface area contributed by atoms with Crippen LogP contribution in [0.15, 0.2) is 97.1 Å². The van der Waals surface area contributed by atoms with E-state index in [0.29, 0.717) is 45.3 Å². The second-order valence-electron chi connectivity index (χ2n) is 8.68. The molecular formula is C30H28N6. The maximum absolute atomic E-state index is 6.85. The normalized spacial score (nSPS) is 10.9. The van der Waals surface area contributed by atoms with Gasteiger partial charge in [0.2, 0.25) is 0 Å². The highest BCUT2D eigenvalue weighted by atomic mass is 14.7. The van der Waals surface area contributed by atoms with E-state index in [1.54, 1.807) is 0 Å². The van der Waals surface area contributed by atoms with Crippen LogP contribution in [0.25, 0.3) is 44.5 Å². The van der Waals surface area contributed by atoms with Gasteiger partial charge in [-0.05, 0) is 24.3 Å². The Labute approximate surface area is 210 Å². The van der Waals surface area contributed by atoms with Crippen molar-refractivity contribution in [3.8, 4) is 44.5 Å². The molecule has 5 aromatic rings. The smallest absolute Gasteiger partial charge is 0.0641 e. The average molecular weight is 473 g/mol. The van der Waals surface area contributed by atoms with E-state index in [2.05, 4.69) is 0 Å². The largest absolute Gasteiger partial charge is 0.398 e. The number of nitrogens with two attached hydrogens (primary N) is 6. The lowest BCUT2D eigenvalue weighted by Crippen LogP contribution is -2.08. The molecule has 0 amide bonds. The highest BCUT2D eigenvalue weighted by Gasteiger charge is 2.28. The summed E-state index contributed by atoms with van der Waals surface area (Å²) in [5, 5.41) is 0. The number of nitrogen functional groups attached to an aromatic ring is 6. The Morgan fingerprint density at radius 2 is 0.500 bits per heavy atom. The maximum Gasteiger partial charge on any atom is 0.0641 e. The van der Waals surface area contributed by atoms with E-state index in [1.807, 2.05) is 97.1 Å². The second kappa shape index (κ2) is 8.92. The van der Waals surface area contributed by atoms with Crippen molar-refractivity contribution in [1.29, 1.82) is 0 Å². The zero-order chi connectivity index (χ0) is 25.4. The molecule has 0 unspecified atom stereocenters. The minimum absolute atomic E-state index is 0.391. The molecule has 5 rings (SSSR count). The predicted octanol–water partition coefficient (Wildman–Crippen LogP) is 5.85. The van der Waals surface area contributed by atoms with Crippen molar-refractivity contribution in [1.82, 2.24) is 0 Å². The molecule has 0 aliphatic rings. The molecule has 6 heteroatoms. The van der Waals surface area contributed by atoms with E-state index in [-0.39, 0.29) is 0 Å². The van der Waals surface area contributed by atoms with E-state index in [0.717, 1.165) is 33.4 Å². The molecule has 0 heterocycles. The fourth-order valence-corrected chi connectivity index (χ4v) is 4.79. The van der Waals surface area contributed by atoms with Gasteiger partial charge in [0, 0.05) is 67.3 Å². The van der Waals surface area contributed by atoms with Crippen LogP contribution in [0.3, 0.4) is 0 Å². The van der Waals surface area contributed by atoms with Gasteiger partial charge in [-0.15, -0.1) is 0 Å².